The fourth-order valence-electron chi connectivity index (χ4n) is 1.09. The maximum atomic E-state index is 5.40. The van der Waals surface area contributed by atoms with Crippen LogP contribution in [0.3, 0.4) is 0 Å². The van der Waals surface area contributed by atoms with E-state index in [-0.39, 0.29) is 6.04 Å². The molecular weight excluding hydrogens is 200 g/mol. The van der Waals surface area contributed by atoms with Crippen molar-refractivity contribution in [1.29, 1.82) is 0 Å². The summed E-state index contributed by atoms with van der Waals surface area (Å²) < 4.78 is 9.10. The van der Waals surface area contributed by atoms with E-state index in [1.54, 1.807) is 6.26 Å². The minimum Gasteiger partial charge on any atom is -0.467 e. The van der Waals surface area contributed by atoms with Gasteiger partial charge in [0, 0.05) is 11.5 Å². The zero-order valence-corrected chi connectivity index (χ0v) is 8.41. The molecule has 0 aromatic carbocycles. The Kier molecular flexibility index (Phi) is 2.36. The van der Waals surface area contributed by atoms with E-state index in [0.29, 0.717) is 11.1 Å². The standard InChI is InChI=1S/C8H10N4OS/c1-5(6-3-2-4-13-6)10-8-11-7(9)12-14-8/h2-5H,1H3,(H3,9,10,11,12). The Hall–Kier alpha value is -1.56. The monoisotopic (exact) mass is 210 g/mol. The number of hydrogen-bond donors (Lipinski definition) is 2. The highest BCUT2D eigenvalue weighted by Crippen LogP contribution is 2.20. The van der Waals surface area contributed by atoms with Gasteiger partial charge in [0.1, 0.15) is 5.76 Å². The van der Waals surface area contributed by atoms with E-state index in [0.717, 1.165) is 5.76 Å². The third-order valence-corrected chi connectivity index (χ3v) is 2.41. The molecule has 74 valence electrons. The van der Waals surface area contributed by atoms with Crippen LogP contribution in [0.15, 0.2) is 22.8 Å². The van der Waals surface area contributed by atoms with Crippen LogP contribution in [0.25, 0.3) is 0 Å². The topological polar surface area (TPSA) is 77.0 Å². The first-order chi connectivity index (χ1) is 6.75. The minimum absolute atomic E-state index is 0.0670. The van der Waals surface area contributed by atoms with Crippen LogP contribution >= 0.6 is 11.5 Å². The lowest BCUT2D eigenvalue weighted by Gasteiger charge is -2.08. The van der Waals surface area contributed by atoms with Crippen LogP contribution in [0.2, 0.25) is 0 Å². The zero-order valence-electron chi connectivity index (χ0n) is 7.60. The zero-order chi connectivity index (χ0) is 9.97. The molecule has 0 saturated carbocycles. The predicted octanol–water partition coefficient (Wildman–Crippen LogP) is 1.89. The summed E-state index contributed by atoms with van der Waals surface area (Å²) in [6, 6.07) is 3.82. The quantitative estimate of drug-likeness (QED) is 0.808. The number of anilines is 2. The van der Waals surface area contributed by atoms with E-state index in [1.165, 1.54) is 11.5 Å². The lowest BCUT2D eigenvalue weighted by atomic mass is 10.3. The highest BCUT2D eigenvalue weighted by molar-refractivity contribution is 7.09. The summed E-state index contributed by atoms with van der Waals surface area (Å²) in [5, 5.41) is 3.84. The fraction of sp³-hybridized carbons (Fsp3) is 0.250. The van der Waals surface area contributed by atoms with Crippen LogP contribution < -0.4 is 11.1 Å². The van der Waals surface area contributed by atoms with Gasteiger partial charge in [-0.1, -0.05) is 0 Å². The Morgan fingerprint density at radius 2 is 2.50 bits per heavy atom. The molecule has 1 atom stereocenters. The van der Waals surface area contributed by atoms with E-state index >= 15 is 0 Å². The summed E-state index contributed by atoms with van der Waals surface area (Å²) in [6.45, 7) is 1.98. The highest BCUT2D eigenvalue weighted by Gasteiger charge is 2.09. The SMILES string of the molecule is CC(Nc1nc(N)ns1)c1ccco1. The number of hydrogen-bond acceptors (Lipinski definition) is 6. The van der Waals surface area contributed by atoms with Crippen LogP contribution in [0, 0.1) is 0 Å². The maximum absolute atomic E-state index is 5.40. The van der Waals surface area contributed by atoms with Gasteiger partial charge in [-0.25, -0.2) is 0 Å². The summed E-state index contributed by atoms with van der Waals surface area (Å²) >= 11 is 1.24. The van der Waals surface area contributed by atoms with Crippen molar-refractivity contribution in [1.82, 2.24) is 9.36 Å². The van der Waals surface area contributed by atoms with Gasteiger partial charge in [0.2, 0.25) is 11.1 Å². The molecule has 2 aromatic rings. The van der Waals surface area contributed by atoms with Crippen molar-refractivity contribution < 1.29 is 4.42 Å². The number of furan rings is 1. The summed E-state index contributed by atoms with van der Waals surface area (Å²) in [5.74, 6) is 1.16. The van der Waals surface area contributed by atoms with E-state index in [2.05, 4.69) is 14.7 Å². The van der Waals surface area contributed by atoms with E-state index in [4.69, 9.17) is 10.2 Å². The van der Waals surface area contributed by atoms with Crippen molar-refractivity contribution in [3.8, 4) is 0 Å². The second-order valence-corrected chi connectivity index (χ2v) is 3.59. The first-order valence-corrected chi connectivity index (χ1v) is 4.92. The van der Waals surface area contributed by atoms with Crippen LogP contribution in [-0.2, 0) is 0 Å². The van der Waals surface area contributed by atoms with Crippen molar-refractivity contribution in [2.45, 2.75) is 13.0 Å². The Labute approximate surface area is 85.1 Å². The maximum Gasteiger partial charge on any atom is 0.233 e. The van der Waals surface area contributed by atoms with Gasteiger partial charge < -0.3 is 15.5 Å². The van der Waals surface area contributed by atoms with Gasteiger partial charge >= 0.3 is 0 Å². The molecule has 2 rings (SSSR count). The van der Waals surface area contributed by atoms with Crippen LogP contribution in [0.1, 0.15) is 18.7 Å². The smallest absolute Gasteiger partial charge is 0.233 e. The Balaban J connectivity index is 2.05. The average Bonchev–Trinajstić information content (AvgIpc) is 2.75. The second-order valence-electron chi connectivity index (χ2n) is 2.84. The molecule has 14 heavy (non-hydrogen) atoms. The van der Waals surface area contributed by atoms with Crippen LogP contribution in [0.5, 0.6) is 0 Å². The number of nitrogens with zero attached hydrogens (tertiary/aromatic N) is 2. The molecule has 3 N–H and O–H groups in total. The molecule has 1 unspecified atom stereocenters. The van der Waals surface area contributed by atoms with Gasteiger partial charge in [-0.15, -0.1) is 0 Å². The Morgan fingerprint density at radius 1 is 1.64 bits per heavy atom. The van der Waals surface area contributed by atoms with Crippen LogP contribution in [-0.4, -0.2) is 9.36 Å². The van der Waals surface area contributed by atoms with Crippen LogP contribution in [0.4, 0.5) is 11.1 Å². The molecule has 2 heterocycles. The van der Waals surface area contributed by atoms with Crippen molar-refractivity contribution in [3.05, 3.63) is 24.2 Å². The van der Waals surface area contributed by atoms with Crippen molar-refractivity contribution >= 4 is 22.6 Å². The lowest BCUT2D eigenvalue weighted by Crippen LogP contribution is -2.05. The number of nitrogens with one attached hydrogen (secondary N) is 1. The van der Waals surface area contributed by atoms with Gasteiger partial charge in [0.15, 0.2) is 0 Å². The minimum atomic E-state index is 0.0670. The number of nitrogen functional groups attached to an aromatic ring is 1. The largest absolute Gasteiger partial charge is 0.467 e. The normalized spacial score (nSPS) is 12.6. The van der Waals surface area contributed by atoms with Gasteiger partial charge in [-0.05, 0) is 19.1 Å². The summed E-state index contributed by atoms with van der Waals surface area (Å²) in [7, 11) is 0. The molecule has 0 amide bonds. The molecule has 6 heteroatoms. The third-order valence-electron chi connectivity index (χ3n) is 1.75. The number of rotatable bonds is 3. The van der Waals surface area contributed by atoms with E-state index in [9.17, 15) is 0 Å². The molecule has 0 fully saturated rings. The van der Waals surface area contributed by atoms with E-state index < -0.39 is 0 Å². The van der Waals surface area contributed by atoms with E-state index in [1.807, 2.05) is 19.1 Å². The van der Waals surface area contributed by atoms with Crippen molar-refractivity contribution in [3.63, 3.8) is 0 Å². The van der Waals surface area contributed by atoms with Gasteiger partial charge in [0.25, 0.3) is 0 Å². The molecule has 0 aliphatic carbocycles. The Bertz CT molecular complexity index is 397. The number of aromatic nitrogens is 2. The van der Waals surface area contributed by atoms with Gasteiger partial charge in [0.05, 0.1) is 12.3 Å². The van der Waals surface area contributed by atoms with Crippen molar-refractivity contribution in [2.24, 2.45) is 0 Å². The molecule has 2 aromatic heterocycles. The molecule has 0 radical (unpaired) electrons. The van der Waals surface area contributed by atoms with Gasteiger partial charge in [-0.3, -0.25) is 0 Å². The molecule has 0 saturated heterocycles. The molecular formula is C8H10N4OS. The fourth-order valence-corrected chi connectivity index (χ4v) is 1.67. The summed E-state index contributed by atoms with van der Waals surface area (Å²) in [6.07, 6.45) is 1.64. The highest BCUT2D eigenvalue weighted by atomic mass is 32.1. The lowest BCUT2D eigenvalue weighted by molar-refractivity contribution is 0.490. The Morgan fingerprint density at radius 3 is 3.07 bits per heavy atom. The molecule has 5 nitrogen and oxygen atoms in total. The predicted molar refractivity (Wildman–Crippen MR) is 55.1 cm³/mol. The van der Waals surface area contributed by atoms with Gasteiger partial charge in [-0.2, -0.15) is 9.36 Å². The molecule has 0 aliphatic rings. The number of nitrogens with two attached hydrogens (primary N) is 1. The first kappa shape index (κ1) is 9.01. The average molecular weight is 210 g/mol. The molecule has 0 bridgehead atoms. The first-order valence-electron chi connectivity index (χ1n) is 4.15. The molecule has 0 spiro atoms. The summed E-state index contributed by atoms with van der Waals surface area (Å²) in [5.41, 5.74) is 5.40. The summed E-state index contributed by atoms with van der Waals surface area (Å²) in [4.78, 5) is 3.99. The van der Waals surface area contributed by atoms with Crippen molar-refractivity contribution in [2.75, 3.05) is 11.1 Å². The third kappa shape index (κ3) is 1.85. The second kappa shape index (κ2) is 3.67. The molecule has 0 aliphatic heterocycles.